The lowest BCUT2D eigenvalue weighted by atomic mass is 10.0. The van der Waals surface area contributed by atoms with Gasteiger partial charge in [0.05, 0.1) is 24.4 Å². The number of aliphatic hydroxyl groups is 2. The molecule has 0 aromatic carbocycles. The van der Waals surface area contributed by atoms with E-state index in [1.54, 1.807) is 26.8 Å². The number of esters is 1. The van der Waals surface area contributed by atoms with Crippen molar-refractivity contribution in [2.45, 2.75) is 83.8 Å². The fourth-order valence-corrected chi connectivity index (χ4v) is 2.14. The molecule has 1 saturated heterocycles. The summed E-state index contributed by atoms with van der Waals surface area (Å²) >= 11 is 0. The normalized spacial score (nSPS) is 30.7. The van der Waals surface area contributed by atoms with E-state index in [-0.39, 0.29) is 30.7 Å². The number of ether oxygens (including phenoxy) is 3. The van der Waals surface area contributed by atoms with Gasteiger partial charge in [-0.1, -0.05) is 6.08 Å². The van der Waals surface area contributed by atoms with Crippen molar-refractivity contribution in [3.8, 4) is 0 Å². The number of carbonyl (C=O) groups excluding carboxylic acids is 1. The molecule has 0 saturated carbocycles. The van der Waals surface area contributed by atoms with Crippen molar-refractivity contribution in [3.63, 3.8) is 0 Å². The lowest BCUT2D eigenvalue weighted by molar-refractivity contribution is -0.273. The van der Waals surface area contributed by atoms with Gasteiger partial charge in [0.25, 0.3) is 0 Å². The second-order valence-electron chi connectivity index (χ2n) is 5.99. The Balaban J connectivity index is 2.27. The van der Waals surface area contributed by atoms with E-state index in [2.05, 4.69) is 0 Å². The predicted molar refractivity (Wildman–Crippen MR) is 81.1 cm³/mol. The van der Waals surface area contributed by atoms with Crippen LogP contribution in [0.3, 0.4) is 0 Å². The van der Waals surface area contributed by atoms with E-state index in [1.807, 2.05) is 6.92 Å². The molecule has 1 aliphatic rings. The van der Waals surface area contributed by atoms with Gasteiger partial charge >= 0.3 is 5.97 Å². The van der Waals surface area contributed by atoms with Crippen molar-refractivity contribution >= 4 is 5.97 Å². The van der Waals surface area contributed by atoms with Gasteiger partial charge < -0.3 is 24.4 Å². The van der Waals surface area contributed by atoms with Crippen molar-refractivity contribution < 1.29 is 29.2 Å². The smallest absolute Gasteiger partial charge is 0.330 e. The third kappa shape index (κ3) is 6.87. The molecule has 0 unspecified atom stereocenters. The summed E-state index contributed by atoms with van der Waals surface area (Å²) in [7, 11) is 0. The SMILES string of the molecule is CC(C)OC(=O)/C=C\CC[C@@H](C)O[C@@H]1O[C@@H](C)[C@H](O)C[C@H]1O. The molecule has 6 nitrogen and oxygen atoms in total. The summed E-state index contributed by atoms with van der Waals surface area (Å²) in [6.07, 6.45) is 1.94. The Labute approximate surface area is 132 Å². The summed E-state index contributed by atoms with van der Waals surface area (Å²) in [6, 6.07) is 0. The summed E-state index contributed by atoms with van der Waals surface area (Å²) in [5, 5.41) is 19.4. The van der Waals surface area contributed by atoms with Crippen molar-refractivity contribution in [1.82, 2.24) is 0 Å². The first kappa shape index (κ1) is 19.1. The molecular weight excluding hydrogens is 288 g/mol. The minimum atomic E-state index is -0.829. The maximum Gasteiger partial charge on any atom is 0.330 e. The van der Waals surface area contributed by atoms with E-state index < -0.39 is 18.5 Å². The number of hydrogen-bond donors (Lipinski definition) is 2. The number of rotatable bonds is 7. The maximum atomic E-state index is 11.3. The van der Waals surface area contributed by atoms with Gasteiger partial charge in [-0.3, -0.25) is 0 Å². The fraction of sp³-hybridized carbons (Fsp3) is 0.812. The second kappa shape index (κ2) is 9.25. The minimum Gasteiger partial charge on any atom is -0.460 e. The first-order chi connectivity index (χ1) is 10.3. The average molecular weight is 316 g/mol. The molecule has 0 aromatic heterocycles. The molecule has 1 rings (SSSR count). The van der Waals surface area contributed by atoms with E-state index in [0.29, 0.717) is 12.8 Å². The van der Waals surface area contributed by atoms with Crippen LogP contribution >= 0.6 is 0 Å². The third-order valence-corrected chi connectivity index (χ3v) is 3.40. The lowest BCUT2D eigenvalue weighted by Crippen LogP contribution is -2.48. The minimum absolute atomic E-state index is 0.123. The van der Waals surface area contributed by atoms with Gasteiger partial charge in [-0.2, -0.15) is 0 Å². The summed E-state index contributed by atoms with van der Waals surface area (Å²) in [6.45, 7) is 7.23. The van der Waals surface area contributed by atoms with Crippen LogP contribution in [0.2, 0.25) is 0 Å². The van der Waals surface area contributed by atoms with Crippen LogP contribution < -0.4 is 0 Å². The number of allylic oxidation sites excluding steroid dienone is 1. The molecule has 0 spiro atoms. The summed E-state index contributed by atoms with van der Waals surface area (Å²) < 4.78 is 16.1. The van der Waals surface area contributed by atoms with Crippen molar-refractivity contribution in [2.75, 3.05) is 0 Å². The molecule has 0 radical (unpaired) electrons. The molecule has 6 heteroatoms. The van der Waals surface area contributed by atoms with Crippen LogP contribution in [-0.4, -0.2) is 53.0 Å². The zero-order chi connectivity index (χ0) is 16.7. The Morgan fingerprint density at radius 3 is 2.64 bits per heavy atom. The molecule has 2 N–H and O–H groups in total. The van der Waals surface area contributed by atoms with Gasteiger partial charge in [0.2, 0.25) is 0 Å². The van der Waals surface area contributed by atoms with E-state index in [1.165, 1.54) is 6.08 Å². The monoisotopic (exact) mass is 316 g/mol. The van der Waals surface area contributed by atoms with E-state index in [9.17, 15) is 15.0 Å². The van der Waals surface area contributed by atoms with Crippen molar-refractivity contribution in [2.24, 2.45) is 0 Å². The zero-order valence-electron chi connectivity index (χ0n) is 13.8. The molecule has 0 bridgehead atoms. The quantitative estimate of drug-likeness (QED) is 0.547. The van der Waals surface area contributed by atoms with Crippen LogP contribution in [0.15, 0.2) is 12.2 Å². The number of aliphatic hydroxyl groups excluding tert-OH is 2. The Bertz CT molecular complexity index is 368. The number of carbonyl (C=O) groups is 1. The Hall–Kier alpha value is -0.950. The summed E-state index contributed by atoms with van der Waals surface area (Å²) in [4.78, 5) is 11.3. The van der Waals surface area contributed by atoms with E-state index in [4.69, 9.17) is 14.2 Å². The predicted octanol–water partition coefficient (Wildman–Crippen LogP) is 1.54. The van der Waals surface area contributed by atoms with Gasteiger partial charge in [0.1, 0.15) is 6.10 Å². The average Bonchev–Trinajstić information content (AvgIpc) is 2.40. The first-order valence-corrected chi connectivity index (χ1v) is 7.83. The lowest BCUT2D eigenvalue weighted by Gasteiger charge is -2.36. The Morgan fingerprint density at radius 2 is 2.00 bits per heavy atom. The topological polar surface area (TPSA) is 85.2 Å². The third-order valence-electron chi connectivity index (χ3n) is 3.40. The Morgan fingerprint density at radius 1 is 1.32 bits per heavy atom. The van der Waals surface area contributed by atoms with Gasteiger partial charge in [-0.05, 0) is 40.5 Å². The Kier molecular flexibility index (Phi) is 8.03. The van der Waals surface area contributed by atoms with Crippen molar-refractivity contribution in [1.29, 1.82) is 0 Å². The highest BCUT2D eigenvalue weighted by atomic mass is 16.7. The van der Waals surface area contributed by atoms with Gasteiger partial charge in [-0.15, -0.1) is 0 Å². The van der Waals surface area contributed by atoms with Crippen LogP contribution in [0.1, 0.15) is 47.0 Å². The maximum absolute atomic E-state index is 11.3. The molecular formula is C16H28O6. The molecule has 1 fully saturated rings. The van der Waals surface area contributed by atoms with Gasteiger partial charge in [-0.25, -0.2) is 4.79 Å². The first-order valence-electron chi connectivity index (χ1n) is 7.83. The zero-order valence-corrected chi connectivity index (χ0v) is 13.8. The van der Waals surface area contributed by atoms with Crippen LogP contribution in [-0.2, 0) is 19.0 Å². The van der Waals surface area contributed by atoms with Crippen LogP contribution in [0.25, 0.3) is 0 Å². The van der Waals surface area contributed by atoms with Crippen LogP contribution in [0, 0.1) is 0 Å². The molecule has 0 amide bonds. The highest BCUT2D eigenvalue weighted by Gasteiger charge is 2.35. The van der Waals surface area contributed by atoms with Crippen LogP contribution in [0.5, 0.6) is 0 Å². The molecule has 5 atom stereocenters. The highest BCUT2D eigenvalue weighted by molar-refractivity contribution is 5.81. The second-order valence-corrected chi connectivity index (χ2v) is 5.99. The van der Waals surface area contributed by atoms with Gasteiger partial charge in [0, 0.05) is 12.5 Å². The molecule has 0 aromatic rings. The highest BCUT2D eigenvalue weighted by Crippen LogP contribution is 2.22. The molecule has 128 valence electrons. The van der Waals surface area contributed by atoms with Crippen LogP contribution in [0.4, 0.5) is 0 Å². The molecule has 1 heterocycles. The number of hydrogen-bond acceptors (Lipinski definition) is 6. The largest absolute Gasteiger partial charge is 0.460 e. The fourth-order valence-electron chi connectivity index (χ4n) is 2.14. The molecule has 0 aliphatic carbocycles. The summed E-state index contributed by atoms with van der Waals surface area (Å²) in [5.74, 6) is -0.350. The summed E-state index contributed by atoms with van der Waals surface area (Å²) in [5.41, 5.74) is 0. The molecule has 22 heavy (non-hydrogen) atoms. The van der Waals surface area contributed by atoms with E-state index >= 15 is 0 Å². The molecule has 1 aliphatic heterocycles. The standard InChI is InChI=1S/C16H28O6/c1-10(2)20-15(19)8-6-5-7-11(3)21-16-14(18)9-13(17)12(4)22-16/h6,8,10-14,16-18H,5,7,9H2,1-4H3/b8-6-/t11-,12+,13-,14-,16-/m1/s1. The van der Waals surface area contributed by atoms with Crippen molar-refractivity contribution in [3.05, 3.63) is 12.2 Å². The van der Waals surface area contributed by atoms with Gasteiger partial charge in [0.15, 0.2) is 6.29 Å². The van der Waals surface area contributed by atoms with E-state index in [0.717, 1.165) is 0 Å².